The normalized spacial score (nSPS) is 10.8. The van der Waals surface area contributed by atoms with Crippen molar-refractivity contribution in [1.82, 2.24) is 4.98 Å². The molecule has 0 aliphatic carbocycles. The lowest BCUT2D eigenvalue weighted by Gasteiger charge is -2.04. The van der Waals surface area contributed by atoms with Crippen LogP contribution in [0.1, 0.15) is 24.0 Å². The Morgan fingerprint density at radius 2 is 1.50 bits per heavy atom. The maximum absolute atomic E-state index is 12.6. The van der Waals surface area contributed by atoms with Gasteiger partial charge in [0, 0.05) is 16.9 Å². The van der Waals surface area contributed by atoms with Crippen LogP contribution >= 0.6 is 23.1 Å². The van der Waals surface area contributed by atoms with Crippen molar-refractivity contribution in [2.45, 2.75) is 31.6 Å². The predicted molar refractivity (Wildman–Crippen MR) is 137 cm³/mol. The van der Waals surface area contributed by atoms with E-state index < -0.39 is 0 Å². The zero-order valence-electron chi connectivity index (χ0n) is 18.3. The summed E-state index contributed by atoms with van der Waals surface area (Å²) in [6, 6.07) is 27.1. The van der Waals surface area contributed by atoms with Gasteiger partial charge >= 0.3 is 0 Å². The van der Waals surface area contributed by atoms with Gasteiger partial charge in [-0.25, -0.2) is 4.98 Å². The van der Waals surface area contributed by atoms with Gasteiger partial charge in [0.1, 0.15) is 0 Å². The van der Waals surface area contributed by atoms with Crippen molar-refractivity contribution >= 4 is 34.1 Å². The summed E-state index contributed by atoms with van der Waals surface area (Å²) in [7, 11) is 0. The first kappa shape index (κ1) is 22.3. The maximum atomic E-state index is 12.6. The molecular weight excluding hydrogens is 432 g/mol. The first-order valence-electron chi connectivity index (χ1n) is 10.7. The van der Waals surface area contributed by atoms with E-state index in [9.17, 15) is 4.79 Å². The second kappa shape index (κ2) is 10.6. The number of benzene rings is 3. The molecule has 162 valence electrons. The van der Waals surface area contributed by atoms with Crippen LogP contribution in [0.25, 0.3) is 21.7 Å². The Bertz CT molecular complexity index is 1100. The summed E-state index contributed by atoms with van der Waals surface area (Å²) >= 11 is 3.31. The molecule has 0 fully saturated rings. The molecule has 3 aromatic carbocycles. The highest BCUT2D eigenvalue weighted by atomic mass is 32.2. The lowest BCUT2D eigenvalue weighted by atomic mass is 10.0. The topological polar surface area (TPSA) is 42.0 Å². The molecule has 4 rings (SSSR count). The monoisotopic (exact) mass is 458 g/mol. The summed E-state index contributed by atoms with van der Waals surface area (Å²) in [6.07, 6.45) is 1.31. The first-order valence-corrected chi connectivity index (χ1v) is 12.5. The Hall–Kier alpha value is -2.89. The van der Waals surface area contributed by atoms with Crippen LogP contribution in [0.3, 0.4) is 0 Å². The third-order valence-electron chi connectivity index (χ3n) is 5.07. The number of nitrogens with one attached hydrogen (secondary N) is 1. The van der Waals surface area contributed by atoms with Crippen molar-refractivity contribution < 1.29 is 4.79 Å². The van der Waals surface area contributed by atoms with Crippen molar-refractivity contribution in [3.8, 4) is 21.7 Å². The van der Waals surface area contributed by atoms with Crippen LogP contribution in [0, 0.1) is 13.8 Å². The number of rotatable bonds is 8. The van der Waals surface area contributed by atoms with E-state index in [1.54, 1.807) is 11.8 Å². The third-order valence-corrected chi connectivity index (χ3v) is 7.19. The average molecular weight is 459 g/mol. The van der Waals surface area contributed by atoms with Gasteiger partial charge in [-0.15, -0.1) is 11.8 Å². The van der Waals surface area contributed by atoms with Crippen molar-refractivity contribution in [2.75, 3.05) is 11.1 Å². The molecule has 0 atom stereocenters. The molecule has 4 aromatic rings. The summed E-state index contributed by atoms with van der Waals surface area (Å²) < 4.78 is 0. The maximum Gasteiger partial charge on any atom is 0.226 e. The van der Waals surface area contributed by atoms with Crippen molar-refractivity contribution in [1.29, 1.82) is 0 Å². The van der Waals surface area contributed by atoms with Crippen LogP contribution in [0.5, 0.6) is 0 Å². The van der Waals surface area contributed by atoms with Crippen LogP contribution in [-0.4, -0.2) is 16.6 Å². The fourth-order valence-corrected chi connectivity index (χ4v) is 5.19. The number of nitrogens with zero attached hydrogens (tertiary/aromatic N) is 1. The van der Waals surface area contributed by atoms with Gasteiger partial charge in [-0.1, -0.05) is 89.2 Å². The number of hydrogen-bond donors (Lipinski definition) is 1. The van der Waals surface area contributed by atoms with Crippen molar-refractivity contribution in [3.05, 3.63) is 90.0 Å². The first-order chi connectivity index (χ1) is 15.6. The van der Waals surface area contributed by atoms with E-state index in [0.717, 1.165) is 33.9 Å². The number of anilines is 1. The molecule has 0 unspecified atom stereocenters. The van der Waals surface area contributed by atoms with Gasteiger partial charge in [0.05, 0.1) is 10.6 Å². The summed E-state index contributed by atoms with van der Waals surface area (Å²) in [5.74, 6) is 0.928. The molecule has 1 N–H and O–H groups in total. The smallest absolute Gasteiger partial charge is 0.226 e. The molecule has 0 aliphatic heterocycles. The number of carbonyl (C=O) groups is 1. The molecule has 0 spiro atoms. The molecule has 0 radical (unpaired) electrons. The number of amides is 1. The quantitative estimate of drug-likeness (QED) is 0.218. The largest absolute Gasteiger partial charge is 0.302 e. The SMILES string of the molecule is Cc1ccc(-c2nc(NC(=O)CCCSc3ccccc3)sc2-c2ccc(C)cc2)cc1. The molecule has 3 nitrogen and oxygen atoms in total. The van der Waals surface area contributed by atoms with E-state index in [1.165, 1.54) is 27.4 Å². The molecule has 0 saturated carbocycles. The van der Waals surface area contributed by atoms with Gasteiger partial charge in [0.2, 0.25) is 5.91 Å². The van der Waals surface area contributed by atoms with Crippen molar-refractivity contribution in [3.63, 3.8) is 0 Å². The molecule has 1 aromatic heterocycles. The average Bonchev–Trinajstić information content (AvgIpc) is 3.22. The van der Waals surface area contributed by atoms with Gasteiger partial charge in [0.15, 0.2) is 5.13 Å². The predicted octanol–water partition coefficient (Wildman–Crippen LogP) is 7.60. The summed E-state index contributed by atoms with van der Waals surface area (Å²) in [5.41, 5.74) is 5.51. The standard InChI is InChI=1S/C27H26N2OS2/c1-19-10-14-21(15-11-19)25-26(22-16-12-20(2)13-17-22)32-27(29-25)28-24(30)9-6-18-31-23-7-4-3-5-8-23/h3-5,7-8,10-17H,6,9,18H2,1-2H3,(H,28,29,30). The molecular formula is C27H26N2OS2. The fourth-order valence-electron chi connectivity index (χ4n) is 3.30. The highest BCUT2D eigenvalue weighted by Gasteiger charge is 2.16. The fraction of sp³-hybridized carbons (Fsp3) is 0.185. The molecule has 0 saturated heterocycles. The number of hydrogen-bond acceptors (Lipinski definition) is 4. The molecule has 0 aliphatic rings. The molecule has 5 heteroatoms. The zero-order valence-corrected chi connectivity index (χ0v) is 19.9. The molecule has 0 bridgehead atoms. The van der Waals surface area contributed by atoms with Gasteiger partial charge in [0.25, 0.3) is 0 Å². The van der Waals surface area contributed by atoms with Crippen LogP contribution in [-0.2, 0) is 4.79 Å². The highest BCUT2D eigenvalue weighted by Crippen LogP contribution is 2.39. The summed E-state index contributed by atoms with van der Waals surface area (Å²) in [5, 5.41) is 3.67. The molecule has 1 amide bonds. The molecule has 32 heavy (non-hydrogen) atoms. The lowest BCUT2D eigenvalue weighted by molar-refractivity contribution is -0.116. The van der Waals surface area contributed by atoms with E-state index >= 15 is 0 Å². The van der Waals surface area contributed by atoms with E-state index in [2.05, 4.69) is 79.8 Å². The Kier molecular flexibility index (Phi) is 7.40. The highest BCUT2D eigenvalue weighted by molar-refractivity contribution is 7.99. The van der Waals surface area contributed by atoms with Crippen LogP contribution in [0.4, 0.5) is 5.13 Å². The van der Waals surface area contributed by atoms with Gasteiger partial charge in [-0.2, -0.15) is 0 Å². The summed E-state index contributed by atoms with van der Waals surface area (Å²) in [4.78, 5) is 19.7. The third kappa shape index (κ3) is 5.87. The minimum absolute atomic E-state index is 0.0123. The second-order valence-electron chi connectivity index (χ2n) is 7.74. The van der Waals surface area contributed by atoms with E-state index in [-0.39, 0.29) is 5.91 Å². The Morgan fingerprint density at radius 1 is 0.875 bits per heavy atom. The summed E-state index contributed by atoms with van der Waals surface area (Å²) in [6.45, 7) is 4.16. The Morgan fingerprint density at radius 3 is 2.16 bits per heavy atom. The number of carbonyl (C=O) groups excluding carboxylic acids is 1. The Balaban J connectivity index is 1.46. The van der Waals surface area contributed by atoms with Crippen LogP contribution in [0.15, 0.2) is 83.8 Å². The van der Waals surface area contributed by atoms with E-state index in [1.807, 2.05) is 18.2 Å². The lowest BCUT2D eigenvalue weighted by Crippen LogP contribution is -2.11. The number of thiazole rings is 1. The van der Waals surface area contributed by atoms with Crippen LogP contribution in [0.2, 0.25) is 0 Å². The second-order valence-corrected chi connectivity index (χ2v) is 9.91. The van der Waals surface area contributed by atoms with Gasteiger partial charge in [-0.3, -0.25) is 4.79 Å². The Labute approximate surface area is 197 Å². The minimum Gasteiger partial charge on any atom is -0.302 e. The zero-order chi connectivity index (χ0) is 22.3. The number of aromatic nitrogens is 1. The molecule has 1 heterocycles. The number of thioether (sulfide) groups is 1. The minimum atomic E-state index is 0.0123. The van der Waals surface area contributed by atoms with Gasteiger partial charge in [-0.05, 0) is 43.7 Å². The van der Waals surface area contributed by atoms with E-state index in [0.29, 0.717) is 11.6 Å². The van der Waals surface area contributed by atoms with Crippen molar-refractivity contribution in [2.24, 2.45) is 0 Å². The van der Waals surface area contributed by atoms with Gasteiger partial charge < -0.3 is 5.32 Å². The van der Waals surface area contributed by atoms with E-state index in [4.69, 9.17) is 4.98 Å². The number of aryl methyl sites for hydroxylation is 2. The van der Waals surface area contributed by atoms with Crippen LogP contribution < -0.4 is 5.32 Å².